The van der Waals surface area contributed by atoms with Crippen LogP contribution in [0.3, 0.4) is 0 Å². The number of likely N-dealkylation sites (tertiary alicyclic amines) is 1. The molecule has 0 spiro atoms. The van der Waals surface area contributed by atoms with Crippen LogP contribution >= 0.6 is 0 Å². The maximum absolute atomic E-state index is 11.2. The highest BCUT2D eigenvalue weighted by Gasteiger charge is 2.12. The lowest BCUT2D eigenvalue weighted by Gasteiger charge is -2.16. The zero-order valence-electron chi connectivity index (χ0n) is 12.3. The Balaban J connectivity index is 1.87. The number of hydrogen-bond donors (Lipinski definition) is 1. The summed E-state index contributed by atoms with van der Waals surface area (Å²) in [6, 6.07) is 8.23. The minimum atomic E-state index is -2.94. The fraction of sp³-hybridized carbons (Fsp3) is 0.600. The quantitative estimate of drug-likeness (QED) is 0.873. The van der Waals surface area contributed by atoms with Crippen LogP contribution in [0.15, 0.2) is 24.3 Å². The van der Waals surface area contributed by atoms with Gasteiger partial charge in [0.05, 0.1) is 5.75 Å². The summed E-state index contributed by atoms with van der Waals surface area (Å²) in [6.07, 6.45) is 3.88. The molecule has 0 saturated carbocycles. The zero-order valence-corrected chi connectivity index (χ0v) is 13.1. The van der Waals surface area contributed by atoms with E-state index >= 15 is 0 Å². The lowest BCUT2D eigenvalue weighted by molar-refractivity contribution is 0.331. The van der Waals surface area contributed by atoms with E-state index in [2.05, 4.69) is 22.3 Å². The van der Waals surface area contributed by atoms with Gasteiger partial charge in [-0.15, -0.1) is 0 Å². The van der Waals surface area contributed by atoms with Gasteiger partial charge in [0.2, 0.25) is 0 Å². The highest BCUT2D eigenvalue weighted by Crippen LogP contribution is 2.15. The van der Waals surface area contributed by atoms with E-state index in [1.165, 1.54) is 37.8 Å². The molecule has 1 atom stereocenters. The van der Waals surface area contributed by atoms with Crippen molar-refractivity contribution in [1.82, 2.24) is 4.90 Å². The Labute approximate surface area is 122 Å². The largest absolute Gasteiger partial charge is 0.382 e. The van der Waals surface area contributed by atoms with E-state index in [4.69, 9.17) is 0 Å². The molecule has 0 bridgehead atoms. The van der Waals surface area contributed by atoms with Gasteiger partial charge in [-0.2, -0.15) is 0 Å². The summed E-state index contributed by atoms with van der Waals surface area (Å²) < 4.78 is 22.5. The third-order valence-corrected chi connectivity index (χ3v) is 4.63. The third-order valence-electron chi connectivity index (χ3n) is 3.52. The lowest BCUT2D eigenvalue weighted by Crippen LogP contribution is -2.25. The lowest BCUT2D eigenvalue weighted by atomic mass is 10.2. The molecule has 1 heterocycles. The van der Waals surface area contributed by atoms with Crippen LogP contribution < -0.4 is 5.32 Å². The predicted octanol–water partition coefficient (Wildman–Crippen LogP) is 2.13. The highest BCUT2D eigenvalue weighted by molar-refractivity contribution is 7.90. The first kappa shape index (κ1) is 15.3. The molecule has 0 amide bonds. The van der Waals surface area contributed by atoms with Crippen molar-refractivity contribution in [2.24, 2.45) is 0 Å². The van der Waals surface area contributed by atoms with Crippen LogP contribution in [-0.4, -0.2) is 44.5 Å². The Bertz CT molecular complexity index is 519. The van der Waals surface area contributed by atoms with Gasteiger partial charge in [-0.3, -0.25) is 4.90 Å². The van der Waals surface area contributed by atoms with Crippen LogP contribution in [0.2, 0.25) is 0 Å². The molecule has 1 saturated heterocycles. The molecule has 2 rings (SSSR count). The van der Waals surface area contributed by atoms with Gasteiger partial charge in [-0.25, -0.2) is 8.42 Å². The fourth-order valence-electron chi connectivity index (χ4n) is 2.69. The molecule has 1 aliphatic heterocycles. The Hall–Kier alpha value is -1.07. The molecule has 5 heteroatoms. The number of nitrogens with one attached hydrogen (secondary N) is 1. The van der Waals surface area contributed by atoms with E-state index in [0.29, 0.717) is 0 Å². The first-order chi connectivity index (χ1) is 9.42. The number of sulfone groups is 1. The van der Waals surface area contributed by atoms with E-state index in [1.54, 1.807) is 0 Å². The summed E-state index contributed by atoms with van der Waals surface area (Å²) in [7, 11) is -2.94. The van der Waals surface area contributed by atoms with E-state index in [-0.39, 0.29) is 11.8 Å². The molecule has 112 valence electrons. The molecule has 0 aliphatic carbocycles. The summed E-state index contributed by atoms with van der Waals surface area (Å²) in [4.78, 5) is 2.47. The Kier molecular flexibility index (Phi) is 5.05. The summed E-state index contributed by atoms with van der Waals surface area (Å²) in [5.74, 6) is 0.155. The van der Waals surface area contributed by atoms with Gasteiger partial charge in [-0.1, -0.05) is 12.1 Å². The molecule has 1 aliphatic rings. The molecule has 1 aromatic carbocycles. The zero-order chi connectivity index (χ0) is 14.6. The van der Waals surface area contributed by atoms with Crippen LogP contribution in [0.1, 0.15) is 25.3 Å². The molecule has 4 nitrogen and oxygen atoms in total. The van der Waals surface area contributed by atoms with Crippen LogP contribution in [0.25, 0.3) is 0 Å². The number of rotatable bonds is 6. The second kappa shape index (κ2) is 6.59. The first-order valence-corrected chi connectivity index (χ1v) is 9.24. The smallest absolute Gasteiger partial charge is 0.149 e. The molecule has 20 heavy (non-hydrogen) atoms. The van der Waals surface area contributed by atoms with Crippen molar-refractivity contribution < 1.29 is 8.42 Å². The van der Waals surface area contributed by atoms with Gasteiger partial charge in [0, 0.05) is 24.5 Å². The van der Waals surface area contributed by atoms with Crippen molar-refractivity contribution in [2.75, 3.05) is 30.4 Å². The monoisotopic (exact) mass is 296 g/mol. The maximum atomic E-state index is 11.2. The summed E-state index contributed by atoms with van der Waals surface area (Å²) in [5.41, 5.74) is 2.29. The maximum Gasteiger partial charge on any atom is 0.149 e. The van der Waals surface area contributed by atoms with Crippen molar-refractivity contribution in [3.63, 3.8) is 0 Å². The second-order valence-electron chi connectivity index (χ2n) is 5.82. The van der Waals surface area contributed by atoms with E-state index < -0.39 is 9.84 Å². The van der Waals surface area contributed by atoms with Crippen molar-refractivity contribution in [1.29, 1.82) is 0 Å². The van der Waals surface area contributed by atoms with Gasteiger partial charge in [0.25, 0.3) is 0 Å². The standard InChI is InChI=1S/C15H24N2O2S/c1-13(12-20(2,18)19)16-15-7-5-14(6-8-15)11-17-9-3-4-10-17/h5-8,13,16H,3-4,9-12H2,1-2H3. The minimum Gasteiger partial charge on any atom is -0.382 e. The summed E-state index contributed by atoms with van der Waals surface area (Å²) in [5, 5.41) is 3.23. The summed E-state index contributed by atoms with van der Waals surface area (Å²) >= 11 is 0. The molecule has 1 aromatic rings. The molecular weight excluding hydrogens is 272 g/mol. The van der Waals surface area contributed by atoms with Gasteiger partial charge in [0.15, 0.2) is 0 Å². The van der Waals surface area contributed by atoms with E-state index in [1.807, 2.05) is 19.1 Å². The van der Waals surface area contributed by atoms with Gasteiger partial charge in [0.1, 0.15) is 9.84 Å². The molecular formula is C15H24N2O2S. The normalized spacial score (nSPS) is 18.1. The van der Waals surface area contributed by atoms with Crippen molar-refractivity contribution in [3.8, 4) is 0 Å². The molecule has 1 N–H and O–H groups in total. The van der Waals surface area contributed by atoms with Crippen LogP contribution in [0, 0.1) is 0 Å². The molecule has 0 aromatic heterocycles. The predicted molar refractivity (Wildman–Crippen MR) is 83.7 cm³/mol. The van der Waals surface area contributed by atoms with Crippen molar-refractivity contribution >= 4 is 15.5 Å². The Morgan fingerprint density at radius 1 is 1.20 bits per heavy atom. The minimum absolute atomic E-state index is 0.0746. The summed E-state index contributed by atoms with van der Waals surface area (Å²) in [6.45, 7) is 5.30. The molecule has 1 unspecified atom stereocenters. The van der Waals surface area contributed by atoms with Crippen LogP contribution in [-0.2, 0) is 16.4 Å². The number of anilines is 1. The van der Waals surface area contributed by atoms with Crippen molar-refractivity contribution in [2.45, 2.75) is 32.4 Å². The third kappa shape index (κ3) is 5.13. The average molecular weight is 296 g/mol. The highest BCUT2D eigenvalue weighted by atomic mass is 32.2. The Morgan fingerprint density at radius 3 is 2.35 bits per heavy atom. The van der Waals surface area contributed by atoms with E-state index in [0.717, 1.165) is 12.2 Å². The van der Waals surface area contributed by atoms with E-state index in [9.17, 15) is 8.42 Å². The number of benzene rings is 1. The molecule has 0 radical (unpaired) electrons. The van der Waals surface area contributed by atoms with Gasteiger partial charge >= 0.3 is 0 Å². The van der Waals surface area contributed by atoms with Crippen LogP contribution in [0.4, 0.5) is 5.69 Å². The topological polar surface area (TPSA) is 49.4 Å². The van der Waals surface area contributed by atoms with Crippen LogP contribution in [0.5, 0.6) is 0 Å². The Morgan fingerprint density at radius 2 is 1.80 bits per heavy atom. The van der Waals surface area contributed by atoms with Gasteiger partial charge < -0.3 is 5.32 Å². The van der Waals surface area contributed by atoms with Crippen molar-refractivity contribution in [3.05, 3.63) is 29.8 Å². The van der Waals surface area contributed by atoms with Gasteiger partial charge in [-0.05, 0) is 50.6 Å². The average Bonchev–Trinajstić information content (AvgIpc) is 2.82. The fourth-order valence-corrected chi connectivity index (χ4v) is 3.68. The molecule has 1 fully saturated rings. The second-order valence-corrected chi connectivity index (χ2v) is 8.00. The number of hydrogen-bond acceptors (Lipinski definition) is 4. The first-order valence-electron chi connectivity index (χ1n) is 7.18. The number of nitrogens with zero attached hydrogens (tertiary/aromatic N) is 1. The SMILES string of the molecule is CC(CS(C)(=O)=O)Nc1ccc(CN2CCCC2)cc1.